The first kappa shape index (κ1) is 13.4. The van der Waals surface area contributed by atoms with Crippen LogP contribution in [0.25, 0.3) is 0 Å². The lowest BCUT2D eigenvalue weighted by molar-refractivity contribution is -0.125. The predicted octanol–water partition coefficient (Wildman–Crippen LogP) is 1.25. The molecule has 102 valence electrons. The maximum atomic E-state index is 11.9. The number of carbonyl (C=O) groups excluding carboxylic acids is 2. The van der Waals surface area contributed by atoms with Crippen LogP contribution in [0.3, 0.4) is 0 Å². The van der Waals surface area contributed by atoms with Crippen LogP contribution in [-0.2, 0) is 9.59 Å². The summed E-state index contributed by atoms with van der Waals surface area (Å²) < 4.78 is 5.36. The van der Waals surface area contributed by atoms with E-state index in [-0.39, 0.29) is 31.0 Å². The molecule has 0 bridgehead atoms. The molecule has 5 heteroatoms. The van der Waals surface area contributed by atoms with Crippen molar-refractivity contribution in [2.45, 2.75) is 26.8 Å². The van der Waals surface area contributed by atoms with Crippen molar-refractivity contribution in [2.75, 3.05) is 18.1 Å². The van der Waals surface area contributed by atoms with Crippen molar-refractivity contribution in [3.8, 4) is 5.75 Å². The van der Waals surface area contributed by atoms with E-state index in [1.54, 1.807) is 0 Å². The molecule has 0 radical (unpaired) electrons. The Bertz CT molecular complexity index is 511. The van der Waals surface area contributed by atoms with Gasteiger partial charge < -0.3 is 10.1 Å². The van der Waals surface area contributed by atoms with Crippen molar-refractivity contribution < 1.29 is 14.3 Å². The topological polar surface area (TPSA) is 58.6 Å². The number of benzene rings is 1. The molecule has 1 aliphatic rings. The van der Waals surface area contributed by atoms with Crippen LogP contribution in [0, 0.1) is 6.92 Å². The largest absolute Gasteiger partial charge is 0.482 e. The van der Waals surface area contributed by atoms with Crippen molar-refractivity contribution >= 4 is 17.5 Å². The van der Waals surface area contributed by atoms with Gasteiger partial charge in [-0.2, -0.15) is 0 Å². The summed E-state index contributed by atoms with van der Waals surface area (Å²) in [6.45, 7) is 5.71. The Morgan fingerprint density at radius 2 is 2.21 bits per heavy atom. The van der Waals surface area contributed by atoms with Gasteiger partial charge in [0.1, 0.15) is 12.3 Å². The first-order valence-corrected chi connectivity index (χ1v) is 6.30. The van der Waals surface area contributed by atoms with Crippen LogP contribution in [0.1, 0.15) is 19.4 Å². The van der Waals surface area contributed by atoms with Gasteiger partial charge in [0, 0.05) is 6.04 Å². The molecule has 0 atom stereocenters. The van der Waals surface area contributed by atoms with Gasteiger partial charge in [-0.05, 0) is 38.5 Å². The smallest absolute Gasteiger partial charge is 0.265 e. The molecule has 19 heavy (non-hydrogen) atoms. The fraction of sp³-hybridized carbons (Fsp3) is 0.429. The summed E-state index contributed by atoms with van der Waals surface area (Å²) in [7, 11) is 0. The molecule has 1 aliphatic heterocycles. The van der Waals surface area contributed by atoms with Crippen LogP contribution in [0.4, 0.5) is 5.69 Å². The molecule has 1 heterocycles. The predicted molar refractivity (Wildman–Crippen MR) is 72.3 cm³/mol. The Labute approximate surface area is 112 Å². The first-order chi connectivity index (χ1) is 8.97. The number of hydrogen-bond donors (Lipinski definition) is 1. The zero-order valence-electron chi connectivity index (χ0n) is 11.4. The summed E-state index contributed by atoms with van der Waals surface area (Å²) in [5.41, 5.74) is 1.68. The van der Waals surface area contributed by atoms with Gasteiger partial charge >= 0.3 is 0 Å². The highest BCUT2D eigenvalue weighted by Gasteiger charge is 2.27. The Kier molecular flexibility index (Phi) is 3.74. The molecule has 0 saturated heterocycles. The van der Waals surface area contributed by atoms with Gasteiger partial charge in [0.15, 0.2) is 6.61 Å². The van der Waals surface area contributed by atoms with E-state index in [1.807, 2.05) is 39.0 Å². The van der Waals surface area contributed by atoms with Crippen LogP contribution in [0.2, 0.25) is 0 Å². The number of fused-ring (bicyclic) bond motifs is 1. The van der Waals surface area contributed by atoms with Gasteiger partial charge in [-0.15, -0.1) is 0 Å². The van der Waals surface area contributed by atoms with Gasteiger partial charge in [-0.3, -0.25) is 14.5 Å². The highest BCUT2D eigenvalue weighted by atomic mass is 16.5. The monoisotopic (exact) mass is 262 g/mol. The van der Waals surface area contributed by atoms with E-state index in [1.165, 1.54) is 4.90 Å². The van der Waals surface area contributed by atoms with Crippen LogP contribution >= 0.6 is 0 Å². The van der Waals surface area contributed by atoms with Crippen molar-refractivity contribution in [3.63, 3.8) is 0 Å². The number of nitrogens with one attached hydrogen (secondary N) is 1. The number of anilines is 1. The second kappa shape index (κ2) is 5.30. The quantitative estimate of drug-likeness (QED) is 0.891. The fourth-order valence-corrected chi connectivity index (χ4v) is 2.00. The van der Waals surface area contributed by atoms with Crippen LogP contribution in [0.15, 0.2) is 18.2 Å². The third kappa shape index (κ3) is 3.05. The van der Waals surface area contributed by atoms with E-state index in [0.717, 1.165) is 5.56 Å². The highest BCUT2D eigenvalue weighted by Crippen LogP contribution is 2.32. The minimum absolute atomic E-state index is 0.0228. The number of ether oxygens (including phenoxy) is 1. The zero-order chi connectivity index (χ0) is 14.0. The van der Waals surface area contributed by atoms with Crippen LogP contribution in [-0.4, -0.2) is 31.0 Å². The molecular formula is C14H18N2O3. The van der Waals surface area contributed by atoms with Gasteiger partial charge in [-0.25, -0.2) is 0 Å². The third-order valence-electron chi connectivity index (χ3n) is 2.81. The number of rotatable bonds is 3. The molecule has 1 N–H and O–H groups in total. The summed E-state index contributed by atoms with van der Waals surface area (Å²) in [6.07, 6.45) is 0. The van der Waals surface area contributed by atoms with Gasteiger partial charge in [0.25, 0.3) is 5.91 Å². The highest BCUT2D eigenvalue weighted by molar-refractivity contribution is 6.02. The maximum absolute atomic E-state index is 11.9. The lowest BCUT2D eigenvalue weighted by atomic mass is 10.1. The molecule has 5 nitrogen and oxygen atoms in total. The van der Waals surface area contributed by atoms with E-state index >= 15 is 0 Å². The van der Waals surface area contributed by atoms with Gasteiger partial charge in [0.05, 0.1) is 5.69 Å². The summed E-state index contributed by atoms with van der Waals surface area (Å²) in [6, 6.07) is 5.65. The number of amides is 2. The molecule has 1 aromatic carbocycles. The summed E-state index contributed by atoms with van der Waals surface area (Å²) >= 11 is 0. The molecule has 2 amide bonds. The van der Waals surface area contributed by atoms with E-state index < -0.39 is 0 Å². The summed E-state index contributed by atoms with van der Waals surface area (Å²) in [5, 5.41) is 2.78. The number of aryl methyl sites for hydroxylation is 1. The Morgan fingerprint density at radius 1 is 1.47 bits per heavy atom. The van der Waals surface area contributed by atoms with Gasteiger partial charge in [-0.1, -0.05) is 6.07 Å². The molecule has 0 saturated carbocycles. The van der Waals surface area contributed by atoms with Crippen LogP contribution in [0.5, 0.6) is 5.75 Å². The lowest BCUT2D eigenvalue weighted by Crippen LogP contribution is -2.46. The maximum Gasteiger partial charge on any atom is 0.265 e. The van der Waals surface area contributed by atoms with E-state index in [4.69, 9.17) is 4.74 Å². The molecule has 0 fully saturated rings. The molecular weight excluding hydrogens is 244 g/mol. The third-order valence-corrected chi connectivity index (χ3v) is 2.81. The summed E-state index contributed by atoms with van der Waals surface area (Å²) in [5.74, 6) is 0.275. The van der Waals surface area contributed by atoms with Crippen molar-refractivity contribution in [1.29, 1.82) is 0 Å². The second-order valence-corrected chi connectivity index (χ2v) is 4.96. The fourth-order valence-electron chi connectivity index (χ4n) is 2.00. The number of hydrogen-bond acceptors (Lipinski definition) is 3. The minimum atomic E-state index is -0.197. The average molecular weight is 262 g/mol. The van der Waals surface area contributed by atoms with Gasteiger partial charge in [0.2, 0.25) is 5.91 Å². The first-order valence-electron chi connectivity index (χ1n) is 6.30. The Morgan fingerprint density at radius 3 is 2.89 bits per heavy atom. The normalized spacial score (nSPS) is 14.1. The second-order valence-electron chi connectivity index (χ2n) is 4.96. The standard InChI is InChI=1S/C14H18N2O3/c1-9(2)15-13(17)7-16-11-6-10(3)4-5-12(11)19-8-14(16)18/h4-6,9H,7-8H2,1-3H3,(H,15,17). The molecule has 0 unspecified atom stereocenters. The Balaban J connectivity index is 2.23. The average Bonchev–Trinajstić information content (AvgIpc) is 2.32. The number of carbonyl (C=O) groups is 2. The Hall–Kier alpha value is -2.04. The molecule has 2 rings (SSSR count). The van der Waals surface area contributed by atoms with E-state index in [9.17, 15) is 9.59 Å². The molecule has 0 spiro atoms. The summed E-state index contributed by atoms with van der Waals surface area (Å²) in [4.78, 5) is 25.2. The van der Waals surface area contributed by atoms with Crippen molar-refractivity contribution in [1.82, 2.24) is 5.32 Å². The molecule has 0 aromatic heterocycles. The van der Waals surface area contributed by atoms with Crippen molar-refractivity contribution in [2.24, 2.45) is 0 Å². The molecule has 1 aromatic rings. The SMILES string of the molecule is Cc1ccc2c(c1)N(CC(=O)NC(C)C)C(=O)CO2. The molecule has 0 aliphatic carbocycles. The minimum Gasteiger partial charge on any atom is -0.482 e. The zero-order valence-corrected chi connectivity index (χ0v) is 11.4. The van der Waals surface area contributed by atoms with E-state index in [2.05, 4.69) is 5.32 Å². The van der Waals surface area contributed by atoms with E-state index in [0.29, 0.717) is 11.4 Å². The van der Waals surface area contributed by atoms with Crippen molar-refractivity contribution in [3.05, 3.63) is 23.8 Å². The number of nitrogens with zero attached hydrogens (tertiary/aromatic N) is 1. The lowest BCUT2D eigenvalue weighted by Gasteiger charge is -2.29. The van der Waals surface area contributed by atoms with Crippen LogP contribution < -0.4 is 15.0 Å².